The molecule has 0 radical (unpaired) electrons. The summed E-state index contributed by atoms with van der Waals surface area (Å²) >= 11 is 0.997. The number of aliphatic imine (C=N–C) groups is 1. The molecule has 3 atom stereocenters. The van der Waals surface area contributed by atoms with Crippen LogP contribution in [0.2, 0.25) is 0 Å². The number of carbonyl (C=O) groups excluding carboxylic acids is 4. The lowest BCUT2D eigenvalue weighted by Gasteiger charge is -2.37. The fourth-order valence-corrected chi connectivity index (χ4v) is 3.95. The Kier molecular flexibility index (Phi) is 4.61. The Labute approximate surface area is 137 Å². The van der Waals surface area contributed by atoms with Gasteiger partial charge in [-0.15, -0.1) is 0 Å². The van der Waals surface area contributed by atoms with Gasteiger partial charge in [-0.3, -0.25) is 24.1 Å². The average molecular weight is 335 g/mol. The number of imide groups is 1. The van der Waals surface area contributed by atoms with Gasteiger partial charge in [0.1, 0.15) is 5.92 Å². The minimum atomic E-state index is -0.929. The molecule has 0 aromatic rings. The second-order valence-electron chi connectivity index (χ2n) is 5.76. The Morgan fingerprint density at radius 1 is 1.26 bits per heavy atom. The lowest BCUT2D eigenvalue weighted by atomic mass is 9.88. The van der Waals surface area contributed by atoms with Gasteiger partial charge in [0.25, 0.3) is 11.1 Å². The summed E-state index contributed by atoms with van der Waals surface area (Å²) in [6, 6.07) is -0.635. The summed E-state index contributed by atoms with van der Waals surface area (Å²) in [6.07, 6.45) is 7.61. The average Bonchev–Trinajstić information content (AvgIpc) is 2.87. The molecule has 122 valence electrons. The molecule has 8 heteroatoms. The minimum Gasteiger partial charge on any atom is -0.350 e. The van der Waals surface area contributed by atoms with Gasteiger partial charge in [0.15, 0.2) is 0 Å². The van der Waals surface area contributed by atoms with E-state index < -0.39 is 17.7 Å². The second-order valence-corrected chi connectivity index (χ2v) is 6.69. The van der Waals surface area contributed by atoms with E-state index in [4.69, 9.17) is 0 Å². The van der Waals surface area contributed by atoms with Gasteiger partial charge >= 0.3 is 0 Å². The molecule has 23 heavy (non-hydrogen) atoms. The summed E-state index contributed by atoms with van der Waals surface area (Å²) in [5.74, 6) is -1.89. The number of hydrogen-bond acceptors (Lipinski definition) is 5. The van der Waals surface area contributed by atoms with Crippen LogP contribution in [0.25, 0.3) is 0 Å². The molecule has 0 spiro atoms. The van der Waals surface area contributed by atoms with Gasteiger partial charge in [0.2, 0.25) is 11.8 Å². The van der Waals surface area contributed by atoms with Crippen molar-refractivity contribution in [2.24, 2.45) is 10.9 Å². The number of hydrogen-bond donors (Lipinski definition) is 1. The van der Waals surface area contributed by atoms with Crippen molar-refractivity contribution >= 4 is 40.9 Å². The molecule has 3 rings (SSSR count). The molecule has 3 unspecified atom stereocenters. The number of nitrogens with zero attached hydrogens (tertiary/aromatic N) is 2. The quantitative estimate of drug-likeness (QED) is 0.773. The minimum absolute atomic E-state index is 0.161. The van der Waals surface area contributed by atoms with Gasteiger partial charge in [-0.25, -0.2) is 4.99 Å². The SMILES string of the molecule is O=C1N=CC=CC1C(=O)NC1CCCCC1N1C(=O)CSC1=O. The van der Waals surface area contributed by atoms with Gasteiger partial charge in [0.05, 0.1) is 11.8 Å². The lowest BCUT2D eigenvalue weighted by molar-refractivity contribution is -0.134. The van der Waals surface area contributed by atoms with Crippen LogP contribution in [0, 0.1) is 5.92 Å². The number of thioether (sulfide) groups is 1. The number of allylic oxidation sites excluding steroid dienone is 1. The van der Waals surface area contributed by atoms with E-state index in [0.29, 0.717) is 12.8 Å². The first-order valence-electron chi connectivity index (χ1n) is 7.62. The maximum atomic E-state index is 12.3. The van der Waals surface area contributed by atoms with Crippen molar-refractivity contribution in [2.45, 2.75) is 37.8 Å². The normalized spacial score (nSPS) is 30.9. The second kappa shape index (κ2) is 6.66. The van der Waals surface area contributed by atoms with Crippen LogP contribution < -0.4 is 5.32 Å². The van der Waals surface area contributed by atoms with Crippen molar-refractivity contribution in [1.82, 2.24) is 10.2 Å². The Bertz CT molecular complexity index is 600. The molecule has 3 aliphatic rings. The number of nitrogens with one attached hydrogen (secondary N) is 1. The van der Waals surface area contributed by atoms with Crippen LogP contribution in [-0.2, 0) is 14.4 Å². The molecule has 2 heterocycles. The Morgan fingerprint density at radius 2 is 2.04 bits per heavy atom. The molecule has 1 saturated carbocycles. The predicted molar refractivity (Wildman–Crippen MR) is 85.0 cm³/mol. The molecule has 1 saturated heterocycles. The van der Waals surface area contributed by atoms with Crippen molar-refractivity contribution in [3.63, 3.8) is 0 Å². The summed E-state index contributed by atoms with van der Waals surface area (Å²) in [6.45, 7) is 0. The third kappa shape index (κ3) is 3.21. The number of dihydropyridines is 1. The number of carbonyl (C=O) groups is 4. The molecule has 4 amide bonds. The fourth-order valence-electron chi connectivity index (χ4n) is 3.19. The molecule has 7 nitrogen and oxygen atoms in total. The van der Waals surface area contributed by atoms with Crippen molar-refractivity contribution in [3.8, 4) is 0 Å². The Hall–Kier alpha value is -1.96. The van der Waals surface area contributed by atoms with Crippen LogP contribution in [0.1, 0.15) is 25.7 Å². The van der Waals surface area contributed by atoms with E-state index in [1.807, 2.05) is 0 Å². The topological polar surface area (TPSA) is 95.9 Å². The molecule has 1 N–H and O–H groups in total. The van der Waals surface area contributed by atoms with Crippen LogP contribution in [-0.4, -0.2) is 51.9 Å². The zero-order chi connectivity index (χ0) is 16.4. The first kappa shape index (κ1) is 15.9. The first-order chi connectivity index (χ1) is 11.1. The van der Waals surface area contributed by atoms with Crippen molar-refractivity contribution in [2.75, 3.05) is 5.75 Å². The number of rotatable bonds is 3. The van der Waals surface area contributed by atoms with E-state index in [1.54, 1.807) is 6.08 Å². The standard InChI is InChI=1S/C15H17N3O4S/c19-12-8-23-15(22)18(12)11-6-2-1-5-10(11)17-14(21)9-4-3-7-16-13(9)20/h3-4,7,9-11H,1-2,5-6,8H2,(H,17,21). The lowest BCUT2D eigenvalue weighted by Crippen LogP contribution is -2.56. The van der Waals surface area contributed by atoms with Crippen LogP contribution in [0.5, 0.6) is 0 Å². The highest BCUT2D eigenvalue weighted by Gasteiger charge is 2.41. The van der Waals surface area contributed by atoms with E-state index in [1.165, 1.54) is 17.2 Å². The Balaban J connectivity index is 1.72. The summed E-state index contributed by atoms with van der Waals surface area (Å²) < 4.78 is 0. The summed E-state index contributed by atoms with van der Waals surface area (Å²) in [4.78, 5) is 52.8. The van der Waals surface area contributed by atoms with Crippen LogP contribution >= 0.6 is 11.8 Å². The largest absolute Gasteiger partial charge is 0.350 e. The summed E-state index contributed by atoms with van der Waals surface area (Å²) in [5.41, 5.74) is 0. The summed E-state index contributed by atoms with van der Waals surface area (Å²) in [7, 11) is 0. The Morgan fingerprint density at radius 3 is 2.74 bits per heavy atom. The number of amides is 4. The monoisotopic (exact) mass is 335 g/mol. The van der Waals surface area contributed by atoms with Gasteiger partial charge in [-0.05, 0) is 18.9 Å². The van der Waals surface area contributed by atoms with Gasteiger partial charge < -0.3 is 5.32 Å². The van der Waals surface area contributed by atoms with Crippen molar-refractivity contribution < 1.29 is 19.2 Å². The van der Waals surface area contributed by atoms with Crippen molar-refractivity contribution in [3.05, 3.63) is 12.2 Å². The molecular weight excluding hydrogens is 318 g/mol. The van der Waals surface area contributed by atoms with Gasteiger partial charge in [-0.2, -0.15) is 0 Å². The molecule has 0 bridgehead atoms. The van der Waals surface area contributed by atoms with Crippen LogP contribution in [0.15, 0.2) is 17.1 Å². The zero-order valence-corrected chi connectivity index (χ0v) is 13.3. The molecular formula is C15H17N3O4S. The van der Waals surface area contributed by atoms with E-state index in [0.717, 1.165) is 24.6 Å². The zero-order valence-electron chi connectivity index (χ0n) is 12.4. The first-order valence-corrected chi connectivity index (χ1v) is 8.60. The van der Waals surface area contributed by atoms with E-state index in [-0.39, 0.29) is 29.0 Å². The maximum Gasteiger partial charge on any atom is 0.289 e. The van der Waals surface area contributed by atoms with Gasteiger partial charge in [0, 0.05) is 12.3 Å². The van der Waals surface area contributed by atoms with Crippen molar-refractivity contribution in [1.29, 1.82) is 0 Å². The fraction of sp³-hybridized carbons (Fsp3) is 0.533. The third-order valence-electron chi connectivity index (χ3n) is 4.31. The van der Waals surface area contributed by atoms with E-state index in [2.05, 4.69) is 10.3 Å². The smallest absolute Gasteiger partial charge is 0.289 e. The van der Waals surface area contributed by atoms with Crippen LogP contribution in [0.3, 0.4) is 0 Å². The molecule has 0 aromatic carbocycles. The highest BCUT2D eigenvalue weighted by atomic mass is 32.2. The predicted octanol–water partition coefficient (Wildman–Crippen LogP) is 0.893. The molecule has 1 aliphatic carbocycles. The third-order valence-corrected chi connectivity index (χ3v) is 5.15. The van der Waals surface area contributed by atoms with Gasteiger partial charge in [-0.1, -0.05) is 30.7 Å². The molecule has 2 aliphatic heterocycles. The molecule has 0 aromatic heterocycles. The summed E-state index contributed by atoms with van der Waals surface area (Å²) in [5, 5.41) is 2.60. The highest BCUT2D eigenvalue weighted by Crippen LogP contribution is 2.30. The van der Waals surface area contributed by atoms with E-state index >= 15 is 0 Å². The maximum absolute atomic E-state index is 12.3. The van der Waals surface area contributed by atoms with E-state index in [9.17, 15) is 19.2 Å². The van der Waals surface area contributed by atoms with Crippen LogP contribution in [0.4, 0.5) is 4.79 Å². The highest BCUT2D eigenvalue weighted by molar-refractivity contribution is 8.14. The molecule has 2 fully saturated rings.